The third-order valence-corrected chi connectivity index (χ3v) is 3.56. The molecule has 5 heteroatoms. The minimum atomic E-state index is 0.0184. The van der Waals surface area contributed by atoms with Crippen molar-refractivity contribution in [3.63, 3.8) is 0 Å². The van der Waals surface area contributed by atoms with E-state index in [9.17, 15) is 0 Å². The molecule has 1 saturated carbocycles. The van der Waals surface area contributed by atoms with Gasteiger partial charge in [0.15, 0.2) is 0 Å². The van der Waals surface area contributed by atoms with Gasteiger partial charge in [0.05, 0.1) is 11.6 Å². The molecule has 18 heavy (non-hydrogen) atoms. The highest BCUT2D eigenvalue weighted by Crippen LogP contribution is 2.49. The molecule has 3 N–H and O–H groups in total. The fraction of sp³-hybridized carbons (Fsp3) is 0.462. The molecule has 0 saturated heterocycles. The number of oxime groups is 1. The SMILES string of the molecule is Cc1ccc(OCC2(CC(N)=NO)CC2)c(Cl)c1. The quantitative estimate of drug-likeness (QED) is 0.373. The number of halogens is 1. The average molecular weight is 269 g/mol. The van der Waals surface area contributed by atoms with E-state index >= 15 is 0 Å². The van der Waals surface area contributed by atoms with Crippen LogP contribution in [-0.2, 0) is 0 Å². The molecular weight excluding hydrogens is 252 g/mol. The number of hydrogen-bond donors (Lipinski definition) is 2. The molecule has 1 fully saturated rings. The Bertz CT molecular complexity index is 470. The first-order chi connectivity index (χ1) is 8.54. The van der Waals surface area contributed by atoms with Crippen molar-refractivity contribution in [2.45, 2.75) is 26.2 Å². The highest BCUT2D eigenvalue weighted by atomic mass is 35.5. The number of ether oxygens (including phenoxy) is 1. The fourth-order valence-electron chi connectivity index (χ4n) is 1.92. The Morgan fingerprint density at radius 3 is 2.83 bits per heavy atom. The van der Waals surface area contributed by atoms with E-state index in [0.29, 0.717) is 23.8 Å². The molecule has 0 unspecified atom stereocenters. The van der Waals surface area contributed by atoms with Crippen molar-refractivity contribution in [2.24, 2.45) is 16.3 Å². The van der Waals surface area contributed by atoms with Crippen LogP contribution in [0, 0.1) is 12.3 Å². The van der Waals surface area contributed by atoms with E-state index < -0.39 is 0 Å². The molecule has 1 aliphatic rings. The van der Waals surface area contributed by atoms with E-state index in [1.807, 2.05) is 25.1 Å². The Balaban J connectivity index is 1.95. The molecule has 1 aromatic rings. The average Bonchev–Trinajstić information content (AvgIpc) is 3.08. The molecule has 4 nitrogen and oxygen atoms in total. The smallest absolute Gasteiger partial charge is 0.139 e. The van der Waals surface area contributed by atoms with Crippen molar-refractivity contribution in [3.05, 3.63) is 28.8 Å². The monoisotopic (exact) mass is 268 g/mol. The fourth-order valence-corrected chi connectivity index (χ4v) is 2.21. The maximum atomic E-state index is 8.59. The Morgan fingerprint density at radius 2 is 2.28 bits per heavy atom. The maximum absolute atomic E-state index is 8.59. The van der Waals surface area contributed by atoms with Gasteiger partial charge in [-0.05, 0) is 37.5 Å². The van der Waals surface area contributed by atoms with Gasteiger partial charge in [0.25, 0.3) is 0 Å². The van der Waals surface area contributed by atoms with Crippen LogP contribution in [0.2, 0.25) is 5.02 Å². The first kappa shape index (κ1) is 13.0. The molecule has 0 bridgehead atoms. The van der Waals surface area contributed by atoms with Gasteiger partial charge in [0.2, 0.25) is 0 Å². The summed E-state index contributed by atoms with van der Waals surface area (Å²) in [6.45, 7) is 2.53. The Kier molecular flexibility index (Phi) is 3.66. The van der Waals surface area contributed by atoms with Crippen LogP contribution < -0.4 is 10.5 Å². The molecule has 0 aliphatic heterocycles. The number of aryl methyl sites for hydroxylation is 1. The molecular formula is C13H17ClN2O2. The summed E-state index contributed by atoms with van der Waals surface area (Å²) in [5.41, 5.74) is 6.66. The van der Waals surface area contributed by atoms with Crippen molar-refractivity contribution >= 4 is 17.4 Å². The van der Waals surface area contributed by atoms with Crippen molar-refractivity contribution in [1.29, 1.82) is 0 Å². The molecule has 0 atom stereocenters. The molecule has 0 spiro atoms. The van der Waals surface area contributed by atoms with Crippen molar-refractivity contribution in [3.8, 4) is 5.75 Å². The maximum Gasteiger partial charge on any atom is 0.139 e. The molecule has 0 heterocycles. The van der Waals surface area contributed by atoms with E-state index in [4.69, 9.17) is 27.3 Å². The van der Waals surface area contributed by atoms with Gasteiger partial charge in [-0.25, -0.2) is 0 Å². The van der Waals surface area contributed by atoms with Crippen LogP contribution in [0.25, 0.3) is 0 Å². The second-order valence-electron chi connectivity index (χ2n) is 4.99. The summed E-state index contributed by atoms with van der Waals surface area (Å²) in [5, 5.41) is 12.2. The second kappa shape index (κ2) is 5.06. The van der Waals surface area contributed by atoms with Gasteiger partial charge < -0.3 is 15.7 Å². The third-order valence-electron chi connectivity index (χ3n) is 3.26. The molecule has 0 radical (unpaired) electrons. The van der Waals surface area contributed by atoms with E-state index in [1.165, 1.54) is 0 Å². The van der Waals surface area contributed by atoms with Crippen LogP contribution >= 0.6 is 11.6 Å². The Hall–Kier alpha value is -1.42. The van der Waals surface area contributed by atoms with Crippen LogP contribution in [0.1, 0.15) is 24.8 Å². The standard InChI is InChI=1S/C13H17ClN2O2/c1-9-2-3-11(10(14)6-9)18-8-13(4-5-13)7-12(15)16-17/h2-3,6,17H,4-5,7-8H2,1H3,(H2,15,16). The second-order valence-corrected chi connectivity index (χ2v) is 5.40. The first-order valence-corrected chi connectivity index (χ1v) is 6.28. The minimum Gasteiger partial charge on any atom is -0.491 e. The van der Waals surface area contributed by atoms with Gasteiger partial charge in [-0.2, -0.15) is 0 Å². The van der Waals surface area contributed by atoms with Gasteiger partial charge in [-0.1, -0.05) is 22.8 Å². The number of hydrogen-bond acceptors (Lipinski definition) is 3. The van der Waals surface area contributed by atoms with Gasteiger partial charge in [0.1, 0.15) is 11.6 Å². The molecule has 0 aromatic heterocycles. The third kappa shape index (κ3) is 3.07. The predicted molar refractivity (Wildman–Crippen MR) is 71.4 cm³/mol. The summed E-state index contributed by atoms with van der Waals surface area (Å²) in [6, 6.07) is 5.71. The lowest BCUT2D eigenvalue weighted by Gasteiger charge is -2.16. The largest absolute Gasteiger partial charge is 0.491 e. The first-order valence-electron chi connectivity index (χ1n) is 5.90. The van der Waals surface area contributed by atoms with Gasteiger partial charge in [0, 0.05) is 11.8 Å². The zero-order chi connectivity index (χ0) is 13.2. The Labute approximate surface area is 111 Å². The highest BCUT2D eigenvalue weighted by Gasteiger charge is 2.44. The van der Waals surface area contributed by atoms with Gasteiger partial charge in [-0.15, -0.1) is 0 Å². The van der Waals surface area contributed by atoms with E-state index in [1.54, 1.807) is 0 Å². The lowest BCUT2D eigenvalue weighted by atomic mass is 10.0. The topological polar surface area (TPSA) is 67.8 Å². The van der Waals surface area contributed by atoms with Crippen molar-refractivity contribution < 1.29 is 9.94 Å². The number of nitrogens with zero attached hydrogens (tertiary/aromatic N) is 1. The summed E-state index contributed by atoms with van der Waals surface area (Å²) in [6.07, 6.45) is 2.63. The van der Waals surface area contributed by atoms with Crippen LogP contribution in [0.4, 0.5) is 0 Å². The summed E-state index contributed by atoms with van der Waals surface area (Å²) in [5.74, 6) is 0.944. The van der Waals surface area contributed by atoms with Gasteiger partial charge in [-0.3, -0.25) is 0 Å². The number of rotatable bonds is 5. The zero-order valence-corrected chi connectivity index (χ0v) is 11.1. The normalized spacial score (nSPS) is 17.6. The molecule has 98 valence electrons. The van der Waals surface area contributed by atoms with E-state index in [0.717, 1.165) is 18.4 Å². The summed E-state index contributed by atoms with van der Waals surface area (Å²) < 4.78 is 5.74. The molecule has 0 amide bonds. The van der Waals surface area contributed by atoms with Crippen LogP contribution in [-0.4, -0.2) is 17.6 Å². The predicted octanol–water partition coefficient (Wildman–Crippen LogP) is 2.94. The number of amidine groups is 1. The lowest BCUT2D eigenvalue weighted by Crippen LogP contribution is -2.22. The number of nitrogens with two attached hydrogens (primary N) is 1. The Morgan fingerprint density at radius 1 is 1.56 bits per heavy atom. The molecule has 1 aliphatic carbocycles. The molecule has 2 rings (SSSR count). The number of benzene rings is 1. The summed E-state index contributed by atoms with van der Waals surface area (Å²) >= 11 is 6.10. The van der Waals surface area contributed by atoms with Crippen molar-refractivity contribution in [2.75, 3.05) is 6.61 Å². The summed E-state index contributed by atoms with van der Waals surface area (Å²) in [4.78, 5) is 0. The summed E-state index contributed by atoms with van der Waals surface area (Å²) in [7, 11) is 0. The van der Waals surface area contributed by atoms with Crippen LogP contribution in [0.15, 0.2) is 23.4 Å². The minimum absolute atomic E-state index is 0.0184. The highest BCUT2D eigenvalue weighted by molar-refractivity contribution is 6.32. The molecule has 1 aromatic carbocycles. The van der Waals surface area contributed by atoms with Crippen LogP contribution in [0.3, 0.4) is 0 Å². The zero-order valence-electron chi connectivity index (χ0n) is 10.3. The van der Waals surface area contributed by atoms with E-state index in [2.05, 4.69) is 5.16 Å². The van der Waals surface area contributed by atoms with Crippen molar-refractivity contribution in [1.82, 2.24) is 0 Å². The van der Waals surface area contributed by atoms with E-state index in [-0.39, 0.29) is 11.3 Å². The van der Waals surface area contributed by atoms with Crippen LogP contribution in [0.5, 0.6) is 5.75 Å². The lowest BCUT2D eigenvalue weighted by molar-refractivity contribution is 0.236. The van der Waals surface area contributed by atoms with Gasteiger partial charge >= 0.3 is 0 Å².